The third-order valence-electron chi connectivity index (χ3n) is 3.43. The van der Waals surface area contributed by atoms with Crippen molar-refractivity contribution in [1.82, 2.24) is 24.2 Å². The molecular weight excluding hydrogens is 278 g/mol. The van der Waals surface area contributed by atoms with Gasteiger partial charge in [-0.3, -0.25) is 0 Å². The Kier molecular flexibility index (Phi) is 3.36. The van der Waals surface area contributed by atoms with Crippen LogP contribution >= 0.6 is 0 Å². The highest BCUT2D eigenvalue weighted by molar-refractivity contribution is 7.89. The second kappa shape index (κ2) is 5.04. The van der Waals surface area contributed by atoms with Crippen LogP contribution in [0.15, 0.2) is 29.6 Å². The number of aromatic nitrogens is 3. The number of fused-ring (bicyclic) bond motifs is 1. The maximum atomic E-state index is 12.6. The van der Waals surface area contributed by atoms with Crippen LogP contribution < -0.4 is 5.32 Å². The summed E-state index contributed by atoms with van der Waals surface area (Å²) in [4.78, 5) is 7.47. The van der Waals surface area contributed by atoms with Gasteiger partial charge in [0.1, 0.15) is 5.82 Å². The number of imidazole rings is 1. The standard InChI is InChI=1S/C12H17N5O2S/c1-13-7-10-6-11(8-15-10)20(18,19)17-5-4-16-3-2-14-12(16)9-17/h2-3,6,8,13,15H,4-5,7,9H2,1H3. The van der Waals surface area contributed by atoms with E-state index in [0.717, 1.165) is 11.5 Å². The van der Waals surface area contributed by atoms with E-state index in [-0.39, 0.29) is 0 Å². The summed E-state index contributed by atoms with van der Waals surface area (Å²) in [6.07, 6.45) is 5.12. The molecule has 0 unspecified atom stereocenters. The van der Waals surface area contributed by atoms with Gasteiger partial charge in [0.2, 0.25) is 10.0 Å². The normalized spacial score (nSPS) is 16.2. The Labute approximate surface area is 117 Å². The molecule has 0 aliphatic carbocycles. The number of H-pyrrole nitrogens is 1. The summed E-state index contributed by atoms with van der Waals surface area (Å²) in [7, 11) is -1.64. The van der Waals surface area contributed by atoms with Crippen molar-refractivity contribution in [3.8, 4) is 0 Å². The summed E-state index contributed by atoms with van der Waals surface area (Å²) in [6.45, 7) is 2.04. The quantitative estimate of drug-likeness (QED) is 0.840. The number of hydrogen-bond donors (Lipinski definition) is 2. The predicted octanol–water partition coefficient (Wildman–Crippen LogP) is 0.135. The van der Waals surface area contributed by atoms with Crippen LogP contribution in [0.2, 0.25) is 0 Å². The van der Waals surface area contributed by atoms with Crippen LogP contribution in [-0.2, 0) is 29.7 Å². The van der Waals surface area contributed by atoms with Gasteiger partial charge in [0, 0.05) is 43.9 Å². The van der Waals surface area contributed by atoms with Crippen LogP contribution in [0.25, 0.3) is 0 Å². The molecule has 2 aromatic rings. The average molecular weight is 295 g/mol. The van der Waals surface area contributed by atoms with Gasteiger partial charge < -0.3 is 14.9 Å². The number of nitrogens with one attached hydrogen (secondary N) is 2. The first kappa shape index (κ1) is 13.3. The van der Waals surface area contributed by atoms with Crippen LogP contribution in [0, 0.1) is 0 Å². The summed E-state index contributed by atoms with van der Waals surface area (Å²) in [6, 6.07) is 1.67. The fraction of sp³-hybridized carbons (Fsp3) is 0.417. The van der Waals surface area contributed by atoms with Gasteiger partial charge in [-0.05, 0) is 13.1 Å². The lowest BCUT2D eigenvalue weighted by Gasteiger charge is -2.26. The third kappa shape index (κ3) is 2.26. The van der Waals surface area contributed by atoms with Crippen LogP contribution in [0.3, 0.4) is 0 Å². The molecule has 0 atom stereocenters. The maximum Gasteiger partial charge on any atom is 0.245 e. The smallest absolute Gasteiger partial charge is 0.245 e. The molecule has 0 bridgehead atoms. The van der Waals surface area contributed by atoms with E-state index in [4.69, 9.17) is 0 Å². The molecule has 3 heterocycles. The van der Waals surface area contributed by atoms with E-state index in [1.165, 1.54) is 4.31 Å². The molecule has 0 spiro atoms. The Bertz CT molecular complexity index is 703. The largest absolute Gasteiger partial charge is 0.363 e. The molecule has 20 heavy (non-hydrogen) atoms. The average Bonchev–Trinajstić information content (AvgIpc) is 3.06. The minimum absolute atomic E-state index is 0.308. The molecule has 0 fully saturated rings. The van der Waals surface area contributed by atoms with E-state index < -0.39 is 10.0 Å². The third-order valence-corrected chi connectivity index (χ3v) is 5.25. The highest BCUT2D eigenvalue weighted by atomic mass is 32.2. The van der Waals surface area contributed by atoms with E-state index in [1.807, 2.05) is 17.8 Å². The van der Waals surface area contributed by atoms with Gasteiger partial charge in [0.25, 0.3) is 0 Å². The molecule has 0 radical (unpaired) electrons. The number of hydrogen-bond acceptors (Lipinski definition) is 4. The van der Waals surface area contributed by atoms with Crippen LogP contribution in [0.5, 0.6) is 0 Å². The van der Waals surface area contributed by atoms with E-state index in [1.54, 1.807) is 18.5 Å². The zero-order chi connectivity index (χ0) is 14.2. The van der Waals surface area contributed by atoms with Crippen molar-refractivity contribution < 1.29 is 8.42 Å². The van der Waals surface area contributed by atoms with Gasteiger partial charge in [-0.2, -0.15) is 4.31 Å². The highest BCUT2D eigenvalue weighted by Crippen LogP contribution is 2.21. The van der Waals surface area contributed by atoms with Gasteiger partial charge in [-0.25, -0.2) is 13.4 Å². The van der Waals surface area contributed by atoms with E-state index in [9.17, 15) is 8.42 Å². The second-order valence-electron chi connectivity index (χ2n) is 4.77. The molecule has 0 saturated carbocycles. The fourth-order valence-corrected chi connectivity index (χ4v) is 3.77. The Morgan fingerprint density at radius 3 is 3.10 bits per heavy atom. The molecule has 1 aliphatic heterocycles. The van der Waals surface area contributed by atoms with Crippen molar-refractivity contribution in [1.29, 1.82) is 0 Å². The predicted molar refractivity (Wildman–Crippen MR) is 73.4 cm³/mol. The number of sulfonamides is 1. The molecule has 0 saturated heterocycles. The lowest BCUT2D eigenvalue weighted by atomic mass is 10.4. The van der Waals surface area contributed by atoms with Gasteiger partial charge in [0.15, 0.2) is 0 Å². The Balaban J connectivity index is 1.85. The first-order valence-corrected chi connectivity index (χ1v) is 7.87. The molecule has 1 aliphatic rings. The van der Waals surface area contributed by atoms with E-state index in [2.05, 4.69) is 15.3 Å². The maximum absolute atomic E-state index is 12.6. The number of aromatic amines is 1. The lowest BCUT2D eigenvalue weighted by molar-refractivity contribution is 0.335. The summed E-state index contributed by atoms with van der Waals surface area (Å²) in [5, 5.41) is 2.98. The van der Waals surface area contributed by atoms with Crippen LogP contribution in [0.4, 0.5) is 0 Å². The molecule has 2 N–H and O–H groups in total. The Morgan fingerprint density at radius 2 is 2.30 bits per heavy atom. The Hall–Kier alpha value is -1.64. The second-order valence-corrected chi connectivity index (χ2v) is 6.70. The lowest BCUT2D eigenvalue weighted by Crippen LogP contribution is -2.38. The molecule has 0 amide bonds. The molecule has 8 heteroatoms. The van der Waals surface area contributed by atoms with E-state index >= 15 is 0 Å². The van der Waals surface area contributed by atoms with Crippen LogP contribution in [-0.4, -0.2) is 40.9 Å². The van der Waals surface area contributed by atoms with Crippen molar-refractivity contribution in [2.75, 3.05) is 13.6 Å². The summed E-state index contributed by atoms with van der Waals surface area (Å²) < 4.78 is 28.6. The fourth-order valence-electron chi connectivity index (χ4n) is 2.37. The van der Waals surface area contributed by atoms with Crippen molar-refractivity contribution in [3.05, 3.63) is 36.2 Å². The topological polar surface area (TPSA) is 83.0 Å². The molecule has 108 valence electrons. The molecular formula is C12H17N5O2S. The van der Waals surface area contributed by atoms with Gasteiger partial charge in [-0.1, -0.05) is 0 Å². The van der Waals surface area contributed by atoms with Crippen LogP contribution in [0.1, 0.15) is 11.5 Å². The first-order chi connectivity index (χ1) is 9.61. The SMILES string of the molecule is CNCc1cc(S(=O)(=O)N2CCn3ccnc3C2)c[nH]1. The van der Waals surface area contributed by atoms with E-state index in [0.29, 0.717) is 31.1 Å². The Morgan fingerprint density at radius 1 is 1.45 bits per heavy atom. The van der Waals surface area contributed by atoms with Gasteiger partial charge in [0.05, 0.1) is 11.4 Å². The molecule has 7 nitrogen and oxygen atoms in total. The van der Waals surface area contributed by atoms with Gasteiger partial charge >= 0.3 is 0 Å². The summed E-state index contributed by atoms with van der Waals surface area (Å²) >= 11 is 0. The molecule has 3 rings (SSSR count). The zero-order valence-electron chi connectivity index (χ0n) is 11.2. The van der Waals surface area contributed by atoms with Crippen molar-refractivity contribution >= 4 is 10.0 Å². The zero-order valence-corrected chi connectivity index (χ0v) is 12.0. The summed E-state index contributed by atoms with van der Waals surface area (Å²) in [5.74, 6) is 0.783. The minimum Gasteiger partial charge on any atom is -0.363 e. The monoisotopic (exact) mass is 295 g/mol. The minimum atomic E-state index is -3.46. The first-order valence-electron chi connectivity index (χ1n) is 6.43. The van der Waals surface area contributed by atoms with Crippen molar-refractivity contribution in [2.45, 2.75) is 24.5 Å². The molecule has 2 aromatic heterocycles. The highest BCUT2D eigenvalue weighted by Gasteiger charge is 2.29. The van der Waals surface area contributed by atoms with Crippen molar-refractivity contribution in [2.24, 2.45) is 0 Å². The number of rotatable bonds is 4. The molecule has 0 aromatic carbocycles. The van der Waals surface area contributed by atoms with Crippen molar-refractivity contribution in [3.63, 3.8) is 0 Å². The summed E-state index contributed by atoms with van der Waals surface area (Å²) in [5.41, 5.74) is 0.851. The number of nitrogens with zero attached hydrogens (tertiary/aromatic N) is 3. The van der Waals surface area contributed by atoms with Gasteiger partial charge in [-0.15, -0.1) is 0 Å².